The molecule has 0 spiro atoms. The topological polar surface area (TPSA) is 50.9 Å². The Hall–Kier alpha value is -1.44. The maximum absolute atomic E-state index is 13.2. The highest BCUT2D eigenvalue weighted by Gasteiger charge is 2.17. The number of nitrogens with zero attached hydrogens (tertiary/aromatic N) is 1. The molecule has 1 atom stereocenters. The van der Waals surface area contributed by atoms with Gasteiger partial charge in [-0.3, -0.25) is 16.3 Å². The smallest absolute Gasteiger partial charge is 0.194 e. The minimum Gasteiger partial charge on any atom is -0.271 e. The van der Waals surface area contributed by atoms with E-state index >= 15 is 0 Å². The highest BCUT2D eigenvalue weighted by Crippen LogP contribution is 2.22. The standard InChI is InChI=1S/C13H11BrF3N3/c14-9-1-7(5-19-6-9)2-12(20-18)8-3-10(15)13(17)11(16)4-8/h1,3-6,12,20H,2,18H2. The molecule has 0 radical (unpaired) electrons. The first-order valence-corrected chi connectivity index (χ1v) is 6.50. The Morgan fingerprint density at radius 3 is 2.35 bits per heavy atom. The number of rotatable bonds is 4. The van der Waals surface area contributed by atoms with E-state index in [-0.39, 0.29) is 5.56 Å². The second kappa shape index (κ2) is 6.34. The summed E-state index contributed by atoms with van der Waals surface area (Å²) in [6, 6.07) is 3.10. The molecule has 1 heterocycles. The number of nitrogens with two attached hydrogens (primary N) is 1. The van der Waals surface area contributed by atoms with Crippen LogP contribution in [0, 0.1) is 17.5 Å². The molecule has 1 aromatic carbocycles. The molecule has 3 N–H and O–H groups in total. The van der Waals surface area contributed by atoms with E-state index in [4.69, 9.17) is 5.84 Å². The van der Waals surface area contributed by atoms with Crippen molar-refractivity contribution in [3.8, 4) is 0 Å². The molecule has 0 aliphatic heterocycles. The van der Waals surface area contributed by atoms with Crippen LogP contribution in [0.2, 0.25) is 0 Å². The average Bonchev–Trinajstić information content (AvgIpc) is 2.41. The summed E-state index contributed by atoms with van der Waals surface area (Å²) in [4.78, 5) is 3.99. The van der Waals surface area contributed by atoms with Crippen molar-refractivity contribution >= 4 is 15.9 Å². The average molecular weight is 346 g/mol. The van der Waals surface area contributed by atoms with Crippen LogP contribution in [0.1, 0.15) is 17.2 Å². The lowest BCUT2D eigenvalue weighted by molar-refractivity contribution is 0.439. The van der Waals surface area contributed by atoms with Gasteiger partial charge in [-0.05, 0) is 51.7 Å². The minimum atomic E-state index is -1.49. The first kappa shape index (κ1) is 15.0. The van der Waals surface area contributed by atoms with Gasteiger partial charge in [0.2, 0.25) is 0 Å². The van der Waals surface area contributed by atoms with Gasteiger partial charge in [0.25, 0.3) is 0 Å². The molecule has 0 aliphatic carbocycles. The molecule has 0 saturated heterocycles. The van der Waals surface area contributed by atoms with Crippen LogP contribution in [0.15, 0.2) is 35.1 Å². The molecule has 2 aromatic rings. The lowest BCUT2D eigenvalue weighted by atomic mass is 10.00. The van der Waals surface area contributed by atoms with E-state index < -0.39 is 23.5 Å². The van der Waals surface area contributed by atoms with E-state index in [2.05, 4.69) is 26.3 Å². The molecule has 1 aromatic heterocycles. The van der Waals surface area contributed by atoms with Crippen LogP contribution in [-0.2, 0) is 6.42 Å². The van der Waals surface area contributed by atoms with Crippen molar-refractivity contribution in [1.82, 2.24) is 10.4 Å². The number of hydrogen-bond donors (Lipinski definition) is 2. The lowest BCUT2D eigenvalue weighted by Gasteiger charge is -2.17. The minimum absolute atomic E-state index is 0.226. The summed E-state index contributed by atoms with van der Waals surface area (Å²) in [6.07, 6.45) is 3.59. The third-order valence-electron chi connectivity index (χ3n) is 2.81. The van der Waals surface area contributed by atoms with Gasteiger partial charge in [0.05, 0.1) is 6.04 Å². The van der Waals surface area contributed by atoms with Gasteiger partial charge in [-0.25, -0.2) is 13.2 Å². The number of aromatic nitrogens is 1. The van der Waals surface area contributed by atoms with Crippen molar-refractivity contribution in [2.75, 3.05) is 0 Å². The molecule has 1 unspecified atom stereocenters. The summed E-state index contributed by atoms with van der Waals surface area (Å²) in [5, 5.41) is 0. The summed E-state index contributed by atoms with van der Waals surface area (Å²) in [5.74, 6) is 1.43. The van der Waals surface area contributed by atoms with E-state index in [1.807, 2.05) is 6.07 Å². The summed E-state index contributed by atoms with van der Waals surface area (Å²) >= 11 is 3.28. The van der Waals surface area contributed by atoms with Crippen LogP contribution in [0.25, 0.3) is 0 Å². The predicted octanol–water partition coefficient (Wildman–Crippen LogP) is 3.01. The van der Waals surface area contributed by atoms with Crippen LogP contribution in [-0.4, -0.2) is 4.98 Å². The molecule has 0 saturated carbocycles. The Morgan fingerprint density at radius 2 is 1.80 bits per heavy atom. The van der Waals surface area contributed by atoms with Crippen LogP contribution < -0.4 is 11.3 Å². The van der Waals surface area contributed by atoms with Crippen molar-refractivity contribution in [1.29, 1.82) is 0 Å². The van der Waals surface area contributed by atoms with E-state index in [9.17, 15) is 13.2 Å². The van der Waals surface area contributed by atoms with E-state index in [1.165, 1.54) is 0 Å². The van der Waals surface area contributed by atoms with Gasteiger partial charge in [0.1, 0.15) is 0 Å². The summed E-state index contributed by atoms with van der Waals surface area (Å²) in [7, 11) is 0. The normalized spacial score (nSPS) is 12.4. The second-order valence-electron chi connectivity index (χ2n) is 4.23. The first-order valence-electron chi connectivity index (χ1n) is 5.71. The predicted molar refractivity (Wildman–Crippen MR) is 72.0 cm³/mol. The quantitative estimate of drug-likeness (QED) is 0.508. The zero-order valence-electron chi connectivity index (χ0n) is 10.2. The Balaban J connectivity index is 2.29. The highest BCUT2D eigenvalue weighted by atomic mass is 79.9. The van der Waals surface area contributed by atoms with E-state index in [0.29, 0.717) is 6.42 Å². The van der Waals surface area contributed by atoms with Crippen LogP contribution in [0.4, 0.5) is 13.2 Å². The van der Waals surface area contributed by atoms with Crippen molar-refractivity contribution in [2.24, 2.45) is 5.84 Å². The summed E-state index contributed by atoms with van der Waals surface area (Å²) in [5.41, 5.74) is 3.50. The zero-order valence-corrected chi connectivity index (χ0v) is 11.8. The molecule has 2 rings (SSSR count). The maximum Gasteiger partial charge on any atom is 0.194 e. The fourth-order valence-corrected chi connectivity index (χ4v) is 2.26. The molecule has 0 fully saturated rings. The van der Waals surface area contributed by atoms with Crippen LogP contribution >= 0.6 is 15.9 Å². The van der Waals surface area contributed by atoms with Crippen molar-refractivity contribution < 1.29 is 13.2 Å². The lowest BCUT2D eigenvalue weighted by Crippen LogP contribution is -2.30. The Labute approximate surface area is 122 Å². The largest absolute Gasteiger partial charge is 0.271 e. The fraction of sp³-hybridized carbons (Fsp3) is 0.154. The van der Waals surface area contributed by atoms with Crippen molar-refractivity contribution in [3.63, 3.8) is 0 Å². The first-order chi connectivity index (χ1) is 9.51. The van der Waals surface area contributed by atoms with E-state index in [1.54, 1.807) is 12.4 Å². The Morgan fingerprint density at radius 1 is 1.15 bits per heavy atom. The number of halogens is 4. The molecule has 20 heavy (non-hydrogen) atoms. The number of nitrogens with one attached hydrogen (secondary N) is 1. The van der Waals surface area contributed by atoms with Gasteiger partial charge >= 0.3 is 0 Å². The molecule has 7 heteroatoms. The van der Waals surface area contributed by atoms with Gasteiger partial charge < -0.3 is 0 Å². The van der Waals surface area contributed by atoms with Gasteiger partial charge in [-0.2, -0.15) is 0 Å². The second-order valence-corrected chi connectivity index (χ2v) is 5.15. The van der Waals surface area contributed by atoms with Crippen LogP contribution in [0.5, 0.6) is 0 Å². The third-order valence-corrected chi connectivity index (χ3v) is 3.24. The number of pyridine rings is 1. The molecule has 0 amide bonds. The fourth-order valence-electron chi connectivity index (χ4n) is 1.85. The SMILES string of the molecule is NNC(Cc1cncc(Br)c1)c1cc(F)c(F)c(F)c1. The van der Waals surface area contributed by atoms with Crippen molar-refractivity contribution in [3.05, 3.63) is 63.6 Å². The molecule has 3 nitrogen and oxygen atoms in total. The molecule has 106 valence electrons. The zero-order chi connectivity index (χ0) is 14.7. The summed E-state index contributed by atoms with van der Waals surface area (Å²) < 4.78 is 40.2. The Kier molecular flexibility index (Phi) is 4.74. The third kappa shape index (κ3) is 3.36. The number of hydrogen-bond acceptors (Lipinski definition) is 3. The molecular weight excluding hydrogens is 335 g/mol. The van der Waals surface area contributed by atoms with Gasteiger partial charge in [0, 0.05) is 16.9 Å². The molecular formula is C13H11BrF3N3. The van der Waals surface area contributed by atoms with E-state index in [0.717, 1.165) is 22.2 Å². The number of hydrazine groups is 1. The monoisotopic (exact) mass is 345 g/mol. The van der Waals surface area contributed by atoms with Crippen LogP contribution in [0.3, 0.4) is 0 Å². The Bertz CT molecular complexity index is 599. The van der Waals surface area contributed by atoms with Crippen molar-refractivity contribution in [2.45, 2.75) is 12.5 Å². The molecule has 0 bridgehead atoms. The molecule has 0 aliphatic rings. The highest BCUT2D eigenvalue weighted by molar-refractivity contribution is 9.10. The maximum atomic E-state index is 13.2. The summed E-state index contributed by atoms with van der Waals surface area (Å²) in [6.45, 7) is 0. The van der Waals surface area contributed by atoms with Gasteiger partial charge in [-0.1, -0.05) is 0 Å². The number of benzene rings is 1. The van der Waals surface area contributed by atoms with Gasteiger partial charge in [0.15, 0.2) is 17.5 Å². The van der Waals surface area contributed by atoms with Gasteiger partial charge in [-0.15, -0.1) is 0 Å².